The number of rotatable bonds is 3. The van der Waals surface area contributed by atoms with E-state index < -0.39 is 0 Å². The van der Waals surface area contributed by atoms with Gasteiger partial charge in [-0.15, -0.1) is 0 Å². The second-order valence-electron chi connectivity index (χ2n) is 7.46. The number of hydrogen-bond acceptors (Lipinski definition) is 1. The summed E-state index contributed by atoms with van der Waals surface area (Å²) in [6.07, 6.45) is 4.00. The molecule has 1 nitrogen and oxygen atoms in total. The fourth-order valence-electron chi connectivity index (χ4n) is 4.69. The van der Waals surface area contributed by atoms with Crippen molar-refractivity contribution in [2.75, 3.05) is 0 Å². The van der Waals surface area contributed by atoms with Crippen LogP contribution in [0.15, 0.2) is 18.2 Å². The Hall–Kier alpha value is -0.600. The van der Waals surface area contributed by atoms with Crippen LogP contribution in [0.5, 0.6) is 0 Å². The van der Waals surface area contributed by atoms with E-state index in [1.165, 1.54) is 31.4 Å². The zero-order chi connectivity index (χ0) is 14.5. The Morgan fingerprint density at radius 2 is 2.10 bits per heavy atom. The third kappa shape index (κ3) is 2.17. The van der Waals surface area contributed by atoms with E-state index in [1.54, 1.807) is 6.07 Å². The monoisotopic (exact) mass is 295 g/mol. The largest absolute Gasteiger partial charge is 0.309 e. The van der Waals surface area contributed by atoms with Gasteiger partial charge in [0.2, 0.25) is 0 Å². The van der Waals surface area contributed by atoms with Crippen molar-refractivity contribution in [2.45, 2.75) is 52.6 Å². The molecule has 0 aliphatic heterocycles. The van der Waals surface area contributed by atoms with Crippen molar-refractivity contribution in [2.24, 2.45) is 16.7 Å². The van der Waals surface area contributed by atoms with Crippen LogP contribution in [0.2, 0.25) is 5.02 Å². The van der Waals surface area contributed by atoms with Crippen molar-refractivity contribution in [3.63, 3.8) is 0 Å². The van der Waals surface area contributed by atoms with Crippen LogP contribution in [0.3, 0.4) is 0 Å². The topological polar surface area (TPSA) is 12.0 Å². The van der Waals surface area contributed by atoms with Gasteiger partial charge in [0, 0.05) is 17.6 Å². The predicted molar refractivity (Wildman–Crippen MR) is 81.3 cm³/mol. The summed E-state index contributed by atoms with van der Waals surface area (Å²) in [5, 5.41) is 4.23. The lowest BCUT2D eigenvalue weighted by Gasteiger charge is -2.43. The molecule has 3 heteroatoms. The van der Waals surface area contributed by atoms with Gasteiger partial charge in [-0.1, -0.05) is 38.4 Å². The van der Waals surface area contributed by atoms with Gasteiger partial charge in [0.15, 0.2) is 0 Å². The van der Waals surface area contributed by atoms with E-state index in [1.807, 2.05) is 0 Å². The average Bonchev–Trinajstić information content (AvgIpc) is 2.82. The van der Waals surface area contributed by atoms with E-state index in [2.05, 4.69) is 26.1 Å². The van der Waals surface area contributed by atoms with Gasteiger partial charge in [0.25, 0.3) is 0 Å². The van der Waals surface area contributed by atoms with E-state index in [4.69, 9.17) is 11.6 Å². The Bertz CT molecular complexity index is 523. The molecule has 110 valence electrons. The second kappa shape index (κ2) is 4.71. The highest BCUT2D eigenvalue weighted by atomic mass is 35.5. The molecule has 2 aliphatic rings. The van der Waals surface area contributed by atoms with E-state index in [0.29, 0.717) is 21.9 Å². The van der Waals surface area contributed by atoms with Crippen LogP contribution >= 0.6 is 11.6 Å². The molecule has 2 aliphatic carbocycles. The number of benzene rings is 1. The molecule has 0 spiro atoms. The van der Waals surface area contributed by atoms with Crippen LogP contribution in [-0.2, 0) is 6.54 Å². The highest BCUT2D eigenvalue weighted by molar-refractivity contribution is 6.31. The molecule has 3 unspecified atom stereocenters. The minimum atomic E-state index is -0.272. The quantitative estimate of drug-likeness (QED) is 0.846. The van der Waals surface area contributed by atoms with Crippen LogP contribution in [0.1, 0.15) is 45.6 Å². The number of hydrogen-bond donors (Lipinski definition) is 1. The van der Waals surface area contributed by atoms with Gasteiger partial charge >= 0.3 is 0 Å². The Morgan fingerprint density at radius 3 is 2.70 bits per heavy atom. The highest BCUT2D eigenvalue weighted by Gasteiger charge is 2.58. The second-order valence-corrected chi connectivity index (χ2v) is 7.87. The zero-order valence-corrected chi connectivity index (χ0v) is 13.2. The fraction of sp³-hybridized carbons (Fsp3) is 0.647. The molecule has 2 bridgehead atoms. The Morgan fingerprint density at radius 1 is 1.35 bits per heavy atom. The lowest BCUT2D eigenvalue weighted by Crippen LogP contribution is -2.49. The molecule has 0 heterocycles. The summed E-state index contributed by atoms with van der Waals surface area (Å²) in [4.78, 5) is 0. The van der Waals surface area contributed by atoms with Crippen LogP contribution < -0.4 is 5.32 Å². The normalized spacial score (nSPS) is 34.6. The first-order chi connectivity index (χ1) is 9.33. The summed E-state index contributed by atoms with van der Waals surface area (Å²) in [5.74, 6) is 0.555. The standard InChI is InChI=1S/C17H23ClFN/c1-16(2)12-6-7-17(3,9-12)15(16)20-10-11-4-5-13(19)8-14(11)18/h4-5,8,12,15,20H,6-7,9-10H2,1-3H3. The van der Waals surface area contributed by atoms with Crippen molar-refractivity contribution in [3.05, 3.63) is 34.6 Å². The third-order valence-electron chi connectivity index (χ3n) is 5.78. The van der Waals surface area contributed by atoms with Crippen LogP contribution in [0.4, 0.5) is 4.39 Å². The van der Waals surface area contributed by atoms with Gasteiger partial charge in [-0.25, -0.2) is 4.39 Å². The minimum Gasteiger partial charge on any atom is -0.309 e. The van der Waals surface area contributed by atoms with Crippen LogP contribution in [0, 0.1) is 22.6 Å². The van der Waals surface area contributed by atoms with Gasteiger partial charge in [-0.2, -0.15) is 0 Å². The van der Waals surface area contributed by atoms with E-state index >= 15 is 0 Å². The lowest BCUT2D eigenvalue weighted by atomic mass is 9.68. The van der Waals surface area contributed by atoms with Crippen molar-refractivity contribution in [3.8, 4) is 0 Å². The molecular formula is C17H23ClFN. The molecule has 1 aromatic rings. The summed E-state index contributed by atoms with van der Waals surface area (Å²) >= 11 is 6.12. The molecule has 3 atom stereocenters. The minimum absolute atomic E-state index is 0.272. The van der Waals surface area contributed by atoms with Gasteiger partial charge in [0.05, 0.1) is 0 Å². The van der Waals surface area contributed by atoms with Gasteiger partial charge in [0.1, 0.15) is 5.82 Å². The molecule has 0 saturated heterocycles. The van der Waals surface area contributed by atoms with Crippen molar-refractivity contribution < 1.29 is 4.39 Å². The summed E-state index contributed by atoms with van der Waals surface area (Å²) in [6.45, 7) is 7.89. The van der Waals surface area contributed by atoms with Gasteiger partial charge < -0.3 is 5.32 Å². The maximum atomic E-state index is 13.1. The molecule has 1 aromatic carbocycles. The first kappa shape index (κ1) is 14.3. The summed E-state index contributed by atoms with van der Waals surface area (Å²) in [6, 6.07) is 5.17. The van der Waals surface area contributed by atoms with Crippen molar-refractivity contribution >= 4 is 11.6 Å². The van der Waals surface area contributed by atoms with Crippen molar-refractivity contribution in [1.29, 1.82) is 0 Å². The molecular weight excluding hydrogens is 273 g/mol. The van der Waals surface area contributed by atoms with Gasteiger partial charge in [-0.3, -0.25) is 0 Å². The molecule has 2 fully saturated rings. The first-order valence-electron chi connectivity index (χ1n) is 7.50. The summed E-state index contributed by atoms with van der Waals surface area (Å²) in [7, 11) is 0. The van der Waals surface area contributed by atoms with E-state index in [-0.39, 0.29) is 5.82 Å². The number of fused-ring (bicyclic) bond motifs is 2. The smallest absolute Gasteiger partial charge is 0.124 e. The third-order valence-corrected chi connectivity index (χ3v) is 6.13. The highest BCUT2D eigenvalue weighted by Crippen LogP contribution is 2.62. The Kier molecular flexibility index (Phi) is 3.38. The average molecular weight is 296 g/mol. The zero-order valence-electron chi connectivity index (χ0n) is 12.5. The lowest BCUT2D eigenvalue weighted by molar-refractivity contribution is 0.108. The van der Waals surface area contributed by atoms with E-state index in [0.717, 1.165) is 18.0 Å². The Balaban J connectivity index is 1.75. The molecule has 0 amide bonds. The van der Waals surface area contributed by atoms with Crippen molar-refractivity contribution in [1.82, 2.24) is 5.32 Å². The Labute approximate surface area is 125 Å². The summed E-state index contributed by atoms with van der Waals surface area (Å²) < 4.78 is 13.1. The van der Waals surface area contributed by atoms with Crippen LogP contribution in [0.25, 0.3) is 0 Å². The SMILES string of the molecule is CC12CCC(C1)C(C)(C)C2NCc1ccc(F)cc1Cl. The molecule has 3 rings (SSSR count). The van der Waals surface area contributed by atoms with Crippen LogP contribution in [-0.4, -0.2) is 6.04 Å². The fourth-order valence-corrected chi connectivity index (χ4v) is 4.92. The molecule has 2 saturated carbocycles. The maximum absolute atomic E-state index is 13.1. The first-order valence-corrected chi connectivity index (χ1v) is 7.88. The number of halogens is 2. The van der Waals surface area contributed by atoms with Gasteiger partial charge in [-0.05, 0) is 53.7 Å². The molecule has 20 heavy (non-hydrogen) atoms. The molecule has 1 N–H and O–H groups in total. The predicted octanol–water partition coefficient (Wildman–Crippen LogP) is 4.78. The summed E-state index contributed by atoms with van der Waals surface area (Å²) in [5.41, 5.74) is 1.72. The van der Waals surface area contributed by atoms with E-state index in [9.17, 15) is 4.39 Å². The number of nitrogens with one attached hydrogen (secondary N) is 1. The maximum Gasteiger partial charge on any atom is 0.124 e. The molecule has 0 radical (unpaired) electrons. The molecule has 0 aromatic heterocycles.